The number of hydrogen-bond acceptors (Lipinski definition) is 5. The first-order valence-electron chi connectivity index (χ1n) is 4.83. The quantitative estimate of drug-likeness (QED) is 0.612. The van der Waals surface area contributed by atoms with Gasteiger partial charge in [0.1, 0.15) is 0 Å². The van der Waals surface area contributed by atoms with Crippen LogP contribution in [0.25, 0.3) is 0 Å². The van der Waals surface area contributed by atoms with Crippen LogP contribution >= 0.6 is 0 Å². The molecular formula is C9H15FN4O. The fraction of sp³-hybridized carbons (Fsp3) is 0.556. The van der Waals surface area contributed by atoms with Crippen LogP contribution in [0.1, 0.15) is 12.8 Å². The van der Waals surface area contributed by atoms with Crippen molar-refractivity contribution in [1.29, 1.82) is 0 Å². The molecule has 0 aliphatic rings. The largest absolute Gasteiger partial charge is 0.396 e. The molecule has 15 heavy (non-hydrogen) atoms. The molecule has 0 bridgehead atoms. The molecule has 0 aromatic carbocycles. The van der Waals surface area contributed by atoms with Crippen molar-refractivity contribution < 1.29 is 9.50 Å². The summed E-state index contributed by atoms with van der Waals surface area (Å²) in [6.45, 7) is 0.730. The zero-order valence-corrected chi connectivity index (χ0v) is 8.63. The van der Waals surface area contributed by atoms with Crippen LogP contribution in [0.4, 0.5) is 16.2 Å². The average molecular weight is 214 g/mol. The summed E-state index contributed by atoms with van der Waals surface area (Å²) in [5.41, 5.74) is 0. The topological polar surface area (TPSA) is 70.1 Å². The highest BCUT2D eigenvalue weighted by atomic mass is 19.1. The number of unbranched alkanes of at least 4 members (excludes halogenated alkanes) is 1. The number of rotatable bonds is 6. The van der Waals surface area contributed by atoms with E-state index in [1.807, 2.05) is 0 Å². The second-order valence-corrected chi connectivity index (χ2v) is 3.00. The Morgan fingerprint density at radius 2 is 2.27 bits per heavy atom. The monoisotopic (exact) mass is 214 g/mol. The van der Waals surface area contributed by atoms with Gasteiger partial charge in [-0.2, -0.15) is 4.98 Å². The zero-order valence-electron chi connectivity index (χ0n) is 8.63. The molecule has 0 aliphatic carbocycles. The van der Waals surface area contributed by atoms with Gasteiger partial charge in [-0.3, -0.25) is 0 Å². The fourth-order valence-corrected chi connectivity index (χ4v) is 1.06. The number of nitrogens with zero attached hydrogens (tertiary/aromatic N) is 2. The van der Waals surface area contributed by atoms with Crippen LogP contribution in [-0.4, -0.2) is 35.3 Å². The molecule has 1 aromatic rings. The molecule has 0 saturated carbocycles. The van der Waals surface area contributed by atoms with E-state index in [1.54, 1.807) is 7.05 Å². The van der Waals surface area contributed by atoms with E-state index >= 15 is 0 Å². The van der Waals surface area contributed by atoms with Crippen molar-refractivity contribution in [2.75, 3.05) is 30.8 Å². The summed E-state index contributed by atoms with van der Waals surface area (Å²) in [5, 5.41) is 14.1. The first-order valence-corrected chi connectivity index (χ1v) is 4.83. The van der Waals surface area contributed by atoms with E-state index in [0.29, 0.717) is 18.9 Å². The lowest BCUT2D eigenvalue weighted by Gasteiger charge is -2.06. The molecule has 6 heteroatoms. The summed E-state index contributed by atoms with van der Waals surface area (Å²) in [5.74, 6) is 0.0892. The van der Waals surface area contributed by atoms with Crippen LogP contribution in [0.2, 0.25) is 0 Å². The molecule has 84 valence electrons. The Balaban J connectivity index is 2.51. The Bertz CT molecular complexity index is 308. The first kappa shape index (κ1) is 11.6. The van der Waals surface area contributed by atoms with Crippen molar-refractivity contribution in [2.45, 2.75) is 12.8 Å². The standard InChI is InChI=1S/C9H15FN4O/c1-11-9-13-6-7(10)8(14-9)12-4-2-3-5-15/h6,15H,2-5H2,1H3,(H2,11,12,13,14). The van der Waals surface area contributed by atoms with Crippen molar-refractivity contribution in [3.8, 4) is 0 Å². The Morgan fingerprint density at radius 1 is 1.47 bits per heavy atom. The number of aliphatic hydroxyl groups is 1. The van der Waals surface area contributed by atoms with Crippen LogP contribution in [0.5, 0.6) is 0 Å². The number of halogens is 1. The molecule has 0 atom stereocenters. The maximum absolute atomic E-state index is 13.2. The third kappa shape index (κ3) is 3.67. The van der Waals surface area contributed by atoms with Gasteiger partial charge in [-0.05, 0) is 12.8 Å². The molecule has 1 rings (SSSR count). The minimum absolute atomic E-state index is 0.149. The third-order valence-corrected chi connectivity index (χ3v) is 1.85. The highest BCUT2D eigenvalue weighted by Crippen LogP contribution is 2.11. The summed E-state index contributed by atoms with van der Waals surface area (Å²) >= 11 is 0. The van der Waals surface area contributed by atoms with Crippen LogP contribution in [0.3, 0.4) is 0 Å². The van der Waals surface area contributed by atoms with Gasteiger partial charge in [0.15, 0.2) is 11.6 Å². The SMILES string of the molecule is CNc1ncc(F)c(NCCCCO)n1. The molecule has 3 N–H and O–H groups in total. The predicted octanol–water partition coefficient (Wildman–Crippen LogP) is 0.842. The van der Waals surface area contributed by atoms with Crippen molar-refractivity contribution in [2.24, 2.45) is 0 Å². The lowest BCUT2D eigenvalue weighted by Crippen LogP contribution is -2.08. The van der Waals surface area contributed by atoms with Crippen LogP contribution in [0, 0.1) is 5.82 Å². The van der Waals surface area contributed by atoms with Gasteiger partial charge in [-0.25, -0.2) is 9.37 Å². The summed E-state index contributed by atoms with van der Waals surface area (Å²) in [7, 11) is 1.67. The fourth-order valence-electron chi connectivity index (χ4n) is 1.06. The van der Waals surface area contributed by atoms with Gasteiger partial charge in [-0.1, -0.05) is 0 Å². The van der Waals surface area contributed by atoms with Gasteiger partial charge in [-0.15, -0.1) is 0 Å². The first-order chi connectivity index (χ1) is 7.27. The van der Waals surface area contributed by atoms with Crippen LogP contribution in [-0.2, 0) is 0 Å². The smallest absolute Gasteiger partial charge is 0.224 e. The van der Waals surface area contributed by atoms with Gasteiger partial charge < -0.3 is 15.7 Å². The van der Waals surface area contributed by atoms with Gasteiger partial charge >= 0.3 is 0 Å². The lowest BCUT2D eigenvalue weighted by molar-refractivity contribution is 0.286. The number of hydrogen-bond donors (Lipinski definition) is 3. The van der Waals surface area contributed by atoms with E-state index in [2.05, 4.69) is 20.6 Å². The average Bonchev–Trinajstić information content (AvgIpc) is 2.26. The number of anilines is 2. The molecule has 0 unspecified atom stereocenters. The van der Waals surface area contributed by atoms with E-state index in [9.17, 15) is 4.39 Å². The molecular weight excluding hydrogens is 199 g/mol. The Hall–Kier alpha value is -1.43. The second kappa shape index (κ2) is 6.13. The van der Waals surface area contributed by atoms with Crippen LogP contribution < -0.4 is 10.6 Å². The van der Waals surface area contributed by atoms with E-state index in [0.717, 1.165) is 12.6 Å². The van der Waals surface area contributed by atoms with Gasteiger partial charge in [0.05, 0.1) is 6.20 Å². The van der Waals surface area contributed by atoms with Crippen molar-refractivity contribution >= 4 is 11.8 Å². The molecule has 5 nitrogen and oxygen atoms in total. The van der Waals surface area contributed by atoms with E-state index in [1.165, 1.54) is 0 Å². The van der Waals surface area contributed by atoms with E-state index < -0.39 is 5.82 Å². The van der Waals surface area contributed by atoms with Gasteiger partial charge in [0.2, 0.25) is 5.95 Å². The Labute approximate surface area is 87.8 Å². The molecule has 0 fully saturated rings. The maximum Gasteiger partial charge on any atom is 0.224 e. The predicted molar refractivity (Wildman–Crippen MR) is 56.3 cm³/mol. The van der Waals surface area contributed by atoms with E-state index in [4.69, 9.17) is 5.11 Å². The second-order valence-electron chi connectivity index (χ2n) is 3.00. The van der Waals surface area contributed by atoms with Crippen molar-refractivity contribution in [1.82, 2.24) is 9.97 Å². The number of nitrogens with one attached hydrogen (secondary N) is 2. The molecule has 0 radical (unpaired) electrons. The highest BCUT2D eigenvalue weighted by Gasteiger charge is 2.04. The normalized spacial score (nSPS) is 10.1. The summed E-state index contributed by atoms with van der Waals surface area (Å²) < 4.78 is 13.2. The minimum atomic E-state index is -0.474. The van der Waals surface area contributed by atoms with Crippen molar-refractivity contribution in [3.05, 3.63) is 12.0 Å². The number of aliphatic hydroxyl groups excluding tert-OH is 1. The Morgan fingerprint density at radius 3 is 2.93 bits per heavy atom. The molecule has 1 heterocycles. The third-order valence-electron chi connectivity index (χ3n) is 1.85. The van der Waals surface area contributed by atoms with E-state index in [-0.39, 0.29) is 12.4 Å². The number of aromatic nitrogens is 2. The van der Waals surface area contributed by atoms with Gasteiger partial charge in [0, 0.05) is 20.2 Å². The lowest BCUT2D eigenvalue weighted by atomic mass is 10.3. The molecule has 1 aromatic heterocycles. The molecule has 0 saturated heterocycles. The minimum Gasteiger partial charge on any atom is -0.396 e. The summed E-state index contributed by atoms with van der Waals surface area (Å²) in [4.78, 5) is 7.64. The molecule has 0 aliphatic heterocycles. The van der Waals surface area contributed by atoms with Crippen LogP contribution in [0.15, 0.2) is 6.20 Å². The molecule has 0 amide bonds. The highest BCUT2D eigenvalue weighted by molar-refractivity contribution is 5.40. The van der Waals surface area contributed by atoms with Gasteiger partial charge in [0.25, 0.3) is 0 Å². The summed E-state index contributed by atoms with van der Waals surface area (Å²) in [6, 6.07) is 0. The summed E-state index contributed by atoms with van der Waals surface area (Å²) in [6.07, 6.45) is 2.58. The Kier molecular flexibility index (Phi) is 4.76. The maximum atomic E-state index is 13.2. The molecule has 0 spiro atoms. The van der Waals surface area contributed by atoms with Crippen molar-refractivity contribution in [3.63, 3.8) is 0 Å². The zero-order chi connectivity index (χ0) is 11.1.